The van der Waals surface area contributed by atoms with E-state index in [1.807, 2.05) is 13.8 Å². The number of thiophene rings is 1. The predicted octanol–water partition coefficient (Wildman–Crippen LogP) is 3.33. The molecule has 1 fully saturated rings. The van der Waals surface area contributed by atoms with Gasteiger partial charge < -0.3 is 9.64 Å². The van der Waals surface area contributed by atoms with E-state index in [1.165, 1.54) is 15.6 Å². The standard InChI is InChI=1S/C20H24N2O4S2/c1-14-12-19(15(2)27-14)28(24,25)22-13-18(20(23)21-10-6-3-7-11-21)26-17-9-5-4-8-16(17)22/h4-5,8-9,12,18H,3,6-7,10-11,13H2,1-2H3. The van der Waals surface area contributed by atoms with Crippen LogP contribution in [-0.4, -0.2) is 45.0 Å². The number of carbonyl (C=O) groups excluding carboxylic acids is 1. The molecule has 2 aliphatic heterocycles. The van der Waals surface area contributed by atoms with Gasteiger partial charge in [0.2, 0.25) is 0 Å². The summed E-state index contributed by atoms with van der Waals surface area (Å²) in [6.45, 7) is 5.11. The molecule has 0 aliphatic carbocycles. The van der Waals surface area contributed by atoms with Gasteiger partial charge in [-0.1, -0.05) is 12.1 Å². The zero-order valence-electron chi connectivity index (χ0n) is 16.1. The maximum Gasteiger partial charge on any atom is 0.265 e. The molecule has 1 amide bonds. The molecule has 0 spiro atoms. The molecule has 0 bridgehead atoms. The number of hydrogen-bond donors (Lipinski definition) is 0. The van der Waals surface area contributed by atoms with Gasteiger partial charge in [-0.2, -0.15) is 0 Å². The quantitative estimate of drug-likeness (QED) is 0.764. The normalized spacial score (nSPS) is 19.9. The number of fused-ring (bicyclic) bond motifs is 1. The SMILES string of the molecule is Cc1cc(S(=O)(=O)N2CC(C(=O)N3CCCCC3)Oc3ccccc32)c(C)s1. The summed E-state index contributed by atoms with van der Waals surface area (Å²) in [4.78, 5) is 16.8. The first-order valence-electron chi connectivity index (χ1n) is 9.52. The zero-order chi connectivity index (χ0) is 19.9. The van der Waals surface area contributed by atoms with Gasteiger partial charge in [-0.3, -0.25) is 9.10 Å². The topological polar surface area (TPSA) is 66.9 Å². The highest BCUT2D eigenvalue weighted by Gasteiger charge is 2.39. The lowest BCUT2D eigenvalue weighted by molar-refractivity contribution is -0.139. The van der Waals surface area contributed by atoms with Gasteiger partial charge in [0.05, 0.1) is 12.2 Å². The first-order chi connectivity index (χ1) is 13.4. The number of sulfonamides is 1. The number of aryl methyl sites for hydroxylation is 2. The summed E-state index contributed by atoms with van der Waals surface area (Å²) in [5.74, 6) is 0.296. The molecular weight excluding hydrogens is 396 g/mol. The van der Waals surface area contributed by atoms with E-state index in [9.17, 15) is 13.2 Å². The molecule has 0 saturated carbocycles. The Balaban J connectivity index is 1.71. The molecule has 1 aromatic carbocycles. The van der Waals surface area contributed by atoms with E-state index in [2.05, 4.69) is 0 Å². The lowest BCUT2D eigenvalue weighted by atomic mass is 10.1. The molecular formula is C20H24N2O4S2. The number of nitrogens with zero attached hydrogens (tertiary/aromatic N) is 2. The molecule has 0 radical (unpaired) electrons. The van der Waals surface area contributed by atoms with E-state index < -0.39 is 16.1 Å². The number of para-hydroxylation sites is 2. The van der Waals surface area contributed by atoms with Gasteiger partial charge >= 0.3 is 0 Å². The summed E-state index contributed by atoms with van der Waals surface area (Å²) in [6, 6.07) is 8.72. The van der Waals surface area contributed by atoms with Crippen molar-refractivity contribution in [3.8, 4) is 5.75 Å². The van der Waals surface area contributed by atoms with E-state index in [4.69, 9.17) is 4.74 Å². The number of piperidine rings is 1. The first-order valence-corrected chi connectivity index (χ1v) is 11.8. The second kappa shape index (κ2) is 7.40. The van der Waals surface area contributed by atoms with Crippen LogP contribution >= 0.6 is 11.3 Å². The van der Waals surface area contributed by atoms with E-state index in [1.54, 1.807) is 35.2 Å². The molecule has 6 nitrogen and oxygen atoms in total. The minimum absolute atomic E-state index is 0.0109. The number of carbonyl (C=O) groups is 1. The molecule has 0 N–H and O–H groups in total. The third-order valence-corrected chi connectivity index (χ3v) is 8.24. The Labute approximate surface area is 169 Å². The van der Waals surface area contributed by atoms with Crippen molar-refractivity contribution in [1.82, 2.24) is 4.90 Å². The fourth-order valence-electron chi connectivity index (χ4n) is 3.86. The van der Waals surface area contributed by atoms with Gasteiger partial charge in [0.25, 0.3) is 15.9 Å². The van der Waals surface area contributed by atoms with Crippen molar-refractivity contribution >= 4 is 33.0 Å². The predicted molar refractivity (Wildman–Crippen MR) is 110 cm³/mol. The summed E-state index contributed by atoms with van der Waals surface area (Å²) in [5.41, 5.74) is 0.480. The fourth-order valence-corrected chi connectivity index (χ4v) is 6.86. The van der Waals surface area contributed by atoms with Gasteiger partial charge in [-0.05, 0) is 51.3 Å². The zero-order valence-corrected chi connectivity index (χ0v) is 17.7. The highest BCUT2D eigenvalue weighted by molar-refractivity contribution is 7.93. The average Bonchev–Trinajstić information content (AvgIpc) is 3.06. The van der Waals surface area contributed by atoms with E-state index in [0.29, 0.717) is 29.4 Å². The Kier molecular flexibility index (Phi) is 5.09. The van der Waals surface area contributed by atoms with Gasteiger partial charge in [0, 0.05) is 22.8 Å². The number of anilines is 1. The van der Waals surface area contributed by atoms with Crippen molar-refractivity contribution in [1.29, 1.82) is 0 Å². The lowest BCUT2D eigenvalue weighted by Crippen LogP contribution is -2.52. The van der Waals surface area contributed by atoms with Crippen LogP contribution in [0.3, 0.4) is 0 Å². The number of hydrogen-bond acceptors (Lipinski definition) is 5. The van der Waals surface area contributed by atoms with Crippen molar-refractivity contribution in [3.63, 3.8) is 0 Å². The Morgan fingerprint density at radius 3 is 2.54 bits per heavy atom. The van der Waals surface area contributed by atoms with Crippen LogP contribution in [-0.2, 0) is 14.8 Å². The molecule has 1 atom stereocenters. The molecule has 3 heterocycles. The molecule has 8 heteroatoms. The van der Waals surface area contributed by atoms with E-state index in [0.717, 1.165) is 29.0 Å². The van der Waals surface area contributed by atoms with Crippen molar-refractivity contribution < 1.29 is 17.9 Å². The van der Waals surface area contributed by atoms with Crippen LogP contribution in [0.5, 0.6) is 5.75 Å². The smallest absolute Gasteiger partial charge is 0.265 e. The van der Waals surface area contributed by atoms with Crippen molar-refractivity contribution in [2.75, 3.05) is 23.9 Å². The van der Waals surface area contributed by atoms with Crippen LogP contribution in [0, 0.1) is 13.8 Å². The van der Waals surface area contributed by atoms with E-state index in [-0.39, 0.29) is 12.5 Å². The molecule has 1 unspecified atom stereocenters. The van der Waals surface area contributed by atoms with Crippen molar-refractivity contribution in [2.24, 2.45) is 0 Å². The fraction of sp³-hybridized carbons (Fsp3) is 0.450. The van der Waals surface area contributed by atoms with Gasteiger partial charge in [0.15, 0.2) is 6.10 Å². The Morgan fingerprint density at radius 1 is 1.14 bits per heavy atom. The molecule has 28 heavy (non-hydrogen) atoms. The van der Waals surface area contributed by atoms with Crippen LogP contribution in [0.15, 0.2) is 35.2 Å². The highest BCUT2D eigenvalue weighted by atomic mass is 32.2. The summed E-state index contributed by atoms with van der Waals surface area (Å²) >= 11 is 1.46. The summed E-state index contributed by atoms with van der Waals surface area (Å²) in [5, 5.41) is 0. The highest BCUT2D eigenvalue weighted by Crippen LogP contribution is 2.39. The van der Waals surface area contributed by atoms with Crippen LogP contribution in [0.4, 0.5) is 5.69 Å². The third kappa shape index (κ3) is 3.39. The Morgan fingerprint density at radius 2 is 1.86 bits per heavy atom. The second-order valence-electron chi connectivity index (χ2n) is 7.27. The number of likely N-dealkylation sites (tertiary alicyclic amines) is 1. The monoisotopic (exact) mass is 420 g/mol. The van der Waals surface area contributed by atoms with E-state index >= 15 is 0 Å². The van der Waals surface area contributed by atoms with Crippen LogP contribution in [0.25, 0.3) is 0 Å². The summed E-state index contributed by atoms with van der Waals surface area (Å²) < 4.78 is 34.3. The number of amides is 1. The maximum absolute atomic E-state index is 13.5. The summed E-state index contributed by atoms with van der Waals surface area (Å²) in [7, 11) is -3.79. The first kappa shape index (κ1) is 19.3. The molecule has 2 aliphatic rings. The average molecular weight is 421 g/mol. The van der Waals surface area contributed by atoms with Crippen molar-refractivity contribution in [2.45, 2.75) is 44.1 Å². The second-order valence-corrected chi connectivity index (χ2v) is 10.6. The third-order valence-electron chi connectivity index (χ3n) is 5.24. The minimum atomic E-state index is -3.79. The molecule has 1 aromatic heterocycles. The van der Waals surface area contributed by atoms with Crippen LogP contribution < -0.4 is 9.04 Å². The molecule has 2 aromatic rings. The van der Waals surface area contributed by atoms with Gasteiger partial charge in [-0.15, -0.1) is 11.3 Å². The van der Waals surface area contributed by atoms with Crippen LogP contribution in [0.2, 0.25) is 0 Å². The Hall–Kier alpha value is -2.06. The molecule has 150 valence electrons. The minimum Gasteiger partial charge on any atom is -0.476 e. The number of rotatable bonds is 3. The number of ether oxygens (including phenoxy) is 1. The van der Waals surface area contributed by atoms with Crippen molar-refractivity contribution in [3.05, 3.63) is 40.1 Å². The maximum atomic E-state index is 13.5. The van der Waals surface area contributed by atoms with Crippen LogP contribution in [0.1, 0.15) is 29.0 Å². The molecule has 4 rings (SSSR count). The van der Waals surface area contributed by atoms with Gasteiger partial charge in [-0.25, -0.2) is 8.42 Å². The lowest BCUT2D eigenvalue weighted by Gasteiger charge is -2.37. The number of benzene rings is 1. The largest absolute Gasteiger partial charge is 0.476 e. The Bertz CT molecular complexity index is 993. The molecule has 1 saturated heterocycles. The summed E-state index contributed by atoms with van der Waals surface area (Å²) in [6.07, 6.45) is 2.24. The van der Waals surface area contributed by atoms with Gasteiger partial charge in [0.1, 0.15) is 10.6 Å².